The van der Waals surface area contributed by atoms with Crippen LogP contribution in [0.15, 0.2) is 24.3 Å². The van der Waals surface area contributed by atoms with E-state index in [1.807, 2.05) is 13.8 Å². The van der Waals surface area contributed by atoms with Gasteiger partial charge in [0.25, 0.3) is 0 Å². The van der Waals surface area contributed by atoms with Crippen molar-refractivity contribution in [3.8, 4) is 0 Å². The van der Waals surface area contributed by atoms with Crippen LogP contribution in [-0.2, 0) is 30.2 Å². The van der Waals surface area contributed by atoms with Gasteiger partial charge in [0.05, 0.1) is 6.42 Å². The molecule has 2 amide bonds. The van der Waals surface area contributed by atoms with Gasteiger partial charge in [-0.3, -0.25) is 4.79 Å². The molecule has 0 radical (unpaired) electrons. The standard InChI is InChI=1S/C24H36N2O7/c1-4-5-6-7-8-13-30-22-21-20(32-24(2,3)33-21)18(31-22)15-25-23(29)26-17-11-9-16(10-12-17)14-19(27)28/h9-12,18,20-22H,4-8,13-15H2,1-3H3,(H,27,28)(H2,25,26,29)/t18-,20-,21-,22-/m0/s1. The Bertz CT molecular complexity index is 784. The first-order valence-corrected chi connectivity index (χ1v) is 11.8. The molecule has 1 aromatic rings. The number of hydrogen-bond acceptors (Lipinski definition) is 6. The SMILES string of the molecule is CCCCCCCO[C@H]1O[C@@H](CNC(=O)Nc2ccc(CC(=O)O)cc2)[C@@H]2OC(C)(C)O[C@H]12. The summed E-state index contributed by atoms with van der Waals surface area (Å²) in [7, 11) is 0. The molecule has 0 unspecified atom stereocenters. The van der Waals surface area contributed by atoms with Crippen LogP contribution in [0.3, 0.4) is 0 Å². The topological polar surface area (TPSA) is 115 Å². The lowest BCUT2D eigenvalue weighted by Crippen LogP contribution is -2.41. The summed E-state index contributed by atoms with van der Waals surface area (Å²) in [6, 6.07) is 6.29. The number of fused-ring (bicyclic) bond motifs is 1. The molecule has 0 aliphatic carbocycles. The number of carboxylic acid groups (broad SMARTS) is 1. The van der Waals surface area contributed by atoms with Crippen LogP contribution in [0.4, 0.5) is 10.5 Å². The van der Waals surface area contributed by atoms with E-state index < -0.39 is 24.2 Å². The highest BCUT2D eigenvalue weighted by Crippen LogP contribution is 2.39. The minimum absolute atomic E-state index is 0.0611. The lowest BCUT2D eigenvalue weighted by atomic mass is 10.1. The first kappa shape index (κ1) is 25.4. The third-order valence-corrected chi connectivity index (χ3v) is 5.67. The van der Waals surface area contributed by atoms with Gasteiger partial charge in [0, 0.05) is 18.8 Å². The predicted molar refractivity (Wildman–Crippen MR) is 122 cm³/mol. The van der Waals surface area contributed by atoms with Crippen LogP contribution in [0.1, 0.15) is 58.4 Å². The second-order valence-corrected chi connectivity index (χ2v) is 9.00. The molecule has 3 N–H and O–H groups in total. The predicted octanol–water partition coefficient (Wildman–Crippen LogP) is 3.67. The van der Waals surface area contributed by atoms with E-state index in [0.717, 1.165) is 12.8 Å². The largest absolute Gasteiger partial charge is 0.481 e. The summed E-state index contributed by atoms with van der Waals surface area (Å²) in [5, 5.41) is 14.4. The number of rotatable bonds is 12. The van der Waals surface area contributed by atoms with Crippen molar-refractivity contribution in [2.24, 2.45) is 0 Å². The smallest absolute Gasteiger partial charge is 0.319 e. The zero-order valence-corrected chi connectivity index (χ0v) is 19.7. The summed E-state index contributed by atoms with van der Waals surface area (Å²) in [4.78, 5) is 23.1. The van der Waals surface area contributed by atoms with Gasteiger partial charge in [-0.25, -0.2) is 4.79 Å². The molecule has 0 bridgehead atoms. The van der Waals surface area contributed by atoms with Gasteiger partial charge in [-0.2, -0.15) is 0 Å². The average molecular weight is 465 g/mol. The molecule has 9 heteroatoms. The van der Waals surface area contributed by atoms with Crippen LogP contribution in [0.5, 0.6) is 0 Å². The number of carbonyl (C=O) groups is 2. The van der Waals surface area contributed by atoms with Gasteiger partial charge in [-0.05, 0) is 38.0 Å². The molecule has 0 aromatic heterocycles. The average Bonchev–Trinajstić information content (AvgIpc) is 3.23. The molecule has 0 spiro atoms. The maximum Gasteiger partial charge on any atom is 0.319 e. The molecule has 4 atom stereocenters. The number of benzene rings is 1. The summed E-state index contributed by atoms with van der Waals surface area (Å²) in [5.41, 5.74) is 1.23. The number of anilines is 1. The first-order valence-electron chi connectivity index (χ1n) is 11.8. The molecular formula is C24H36N2O7. The van der Waals surface area contributed by atoms with Crippen LogP contribution in [0.2, 0.25) is 0 Å². The Hall–Kier alpha value is -2.20. The number of amides is 2. The van der Waals surface area contributed by atoms with Crippen LogP contribution in [0, 0.1) is 0 Å². The molecule has 2 aliphatic rings. The summed E-state index contributed by atoms with van der Waals surface area (Å²) in [5.74, 6) is -1.64. The number of nitrogens with one attached hydrogen (secondary N) is 2. The van der Waals surface area contributed by atoms with E-state index >= 15 is 0 Å². The van der Waals surface area contributed by atoms with Gasteiger partial charge < -0.3 is 34.7 Å². The molecular weight excluding hydrogens is 428 g/mol. The zero-order chi connectivity index (χ0) is 23.8. The quantitative estimate of drug-likeness (QED) is 0.404. The Morgan fingerprint density at radius 2 is 1.76 bits per heavy atom. The lowest BCUT2D eigenvalue weighted by Gasteiger charge is -2.24. The van der Waals surface area contributed by atoms with Crippen molar-refractivity contribution < 1.29 is 33.6 Å². The molecule has 9 nitrogen and oxygen atoms in total. The van der Waals surface area contributed by atoms with Crippen molar-refractivity contribution in [3.63, 3.8) is 0 Å². The Labute approximate surface area is 195 Å². The Morgan fingerprint density at radius 3 is 2.45 bits per heavy atom. The number of carbonyl (C=O) groups excluding carboxylic acids is 1. The third kappa shape index (κ3) is 7.67. The Morgan fingerprint density at radius 1 is 1.06 bits per heavy atom. The van der Waals surface area contributed by atoms with Crippen molar-refractivity contribution in [1.29, 1.82) is 0 Å². The van der Waals surface area contributed by atoms with E-state index in [4.69, 9.17) is 24.1 Å². The van der Waals surface area contributed by atoms with Crippen molar-refractivity contribution in [1.82, 2.24) is 5.32 Å². The number of aliphatic carboxylic acids is 1. The molecule has 2 heterocycles. The molecule has 0 saturated carbocycles. The Balaban J connectivity index is 1.47. The van der Waals surface area contributed by atoms with Crippen LogP contribution in [-0.4, -0.2) is 60.6 Å². The number of unbranched alkanes of at least 4 members (excludes halogenated alkanes) is 4. The second-order valence-electron chi connectivity index (χ2n) is 9.00. The first-order chi connectivity index (χ1) is 15.8. The van der Waals surface area contributed by atoms with E-state index in [0.29, 0.717) is 17.9 Å². The normalized spacial score (nSPS) is 25.5. The fourth-order valence-corrected chi connectivity index (χ4v) is 4.09. The van der Waals surface area contributed by atoms with Gasteiger partial charge in [0.1, 0.15) is 18.3 Å². The summed E-state index contributed by atoms with van der Waals surface area (Å²) in [6.07, 6.45) is 4.08. The van der Waals surface area contributed by atoms with E-state index in [9.17, 15) is 9.59 Å². The number of ether oxygens (including phenoxy) is 4. The fourth-order valence-electron chi connectivity index (χ4n) is 4.09. The molecule has 2 saturated heterocycles. The monoisotopic (exact) mass is 464 g/mol. The van der Waals surface area contributed by atoms with Gasteiger partial charge >= 0.3 is 12.0 Å². The van der Waals surface area contributed by atoms with Crippen molar-refractivity contribution >= 4 is 17.7 Å². The van der Waals surface area contributed by atoms with E-state index in [1.165, 1.54) is 19.3 Å². The van der Waals surface area contributed by atoms with Gasteiger partial charge in [-0.1, -0.05) is 44.7 Å². The zero-order valence-electron chi connectivity index (χ0n) is 19.7. The fraction of sp³-hybridized carbons (Fsp3) is 0.667. The highest BCUT2D eigenvalue weighted by Gasteiger charge is 2.55. The third-order valence-electron chi connectivity index (χ3n) is 5.67. The summed E-state index contributed by atoms with van der Waals surface area (Å²) >= 11 is 0. The highest BCUT2D eigenvalue weighted by molar-refractivity contribution is 5.89. The van der Waals surface area contributed by atoms with Crippen LogP contribution < -0.4 is 10.6 Å². The highest BCUT2D eigenvalue weighted by atomic mass is 16.8. The van der Waals surface area contributed by atoms with E-state index in [1.54, 1.807) is 24.3 Å². The molecule has 2 fully saturated rings. The van der Waals surface area contributed by atoms with E-state index in [-0.39, 0.29) is 31.2 Å². The van der Waals surface area contributed by atoms with Crippen molar-refractivity contribution in [2.45, 2.75) is 89.7 Å². The summed E-state index contributed by atoms with van der Waals surface area (Å²) in [6.45, 7) is 6.74. The van der Waals surface area contributed by atoms with E-state index in [2.05, 4.69) is 17.6 Å². The van der Waals surface area contributed by atoms with Crippen LogP contribution in [0.25, 0.3) is 0 Å². The molecule has 2 aliphatic heterocycles. The van der Waals surface area contributed by atoms with Gasteiger partial charge in [0.2, 0.25) is 0 Å². The number of carboxylic acids is 1. The number of hydrogen-bond donors (Lipinski definition) is 3. The summed E-state index contributed by atoms with van der Waals surface area (Å²) < 4.78 is 24.0. The molecule has 184 valence electrons. The minimum Gasteiger partial charge on any atom is -0.481 e. The maximum absolute atomic E-state index is 12.4. The van der Waals surface area contributed by atoms with Crippen molar-refractivity contribution in [2.75, 3.05) is 18.5 Å². The van der Waals surface area contributed by atoms with Crippen LogP contribution >= 0.6 is 0 Å². The minimum atomic E-state index is -0.900. The maximum atomic E-state index is 12.4. The van der Waals surface area contributed by atoms with Gasteiger partial charge in [-0.15, -0.1) is 0 Å². The lowest BCUT2D eigenvalue weighted by molar-refractivity contribution is -0.232. The van der Waals surface area contributed by atoms with Crippen molar-refractivity contribution in [3.05, 3.63) is 29.8 Å². The molecule has 3 rings (SSSR count). The molecule has 33 heavy (non-hydrogen) atoms. The van der Waals surface area contributed by atoms with Gasteiger partial charge in [0.15, 0.2) is 12.1 Å². The Kier molecular flexibility index (Phi) is 9.08. The molecule has 1 aromatic carbocycles. The second kappa shape index (κ2) is 11.8. The number of urea groups is 1.